The monoisotopic (exact) mass is 395 g/mol. The lowest BCUT2D eigenvalue weighted by atomic mass is 9.68. The van der Waals surface area contributed by atoms with Crippen molar-refractivity contribution in [3.05, 3.63) is 11.6 Å². The van der Waals surface area contributed by atoms with Crippen LogP contribution in [0.2, 0.25) is 0 Å². The molecule has 0 bridgehead atoms. The van der Waals surface area contributed by atoms with Crippen molar-refractivity contribution in [1.82, 2.24) is 4.90 Å². The average Bonchev–Trinajstić information content (AvgIpc) is 3.50. The van der Waals surface area contributed by atoms with Gasteiger partial charge in [-0.05, 0) is 47.0 Å². The number of likely N-dealkylation sites (tertiary alicyclic amines) is 1. The van der Waals surface area contributed by atoms with E-state index in [1.165, 1.54) is 10.5 Å². The third-order valence-electron chi connectivity index (χ3n) is 6.81. The zero-order valence-corrected chi connectivity index (χ0v) is 17.6. The first-order chi connectivity index (χ1) is 13.1. The van der Waals surface area contributed by atoms with E-state index in [1.807, 2.05) is 0 Å². The highest BCUT2D eigenvalue weighted by Crippen LogP contribution is 2.59. The maximum absolute atomic E-state index is 12.5. The molecule has 3 saturated heterocycles. The Morgan fingerprint density at radius 2 is 2.00 bits per heavy atom. The average molecular weight is 395 g/mol. The van der Waals surface area contributed by atoms with E-state index < -0.39 is 5.60 Å². The van der Waals surface area contributed by atoms with Crippen LogP contribution in [-0.2, 0) is 18.9 Å². The number of allylic oxidation sites excluding steroid dienone is 1. The summed E-state index contributed by atoms with van der Waals surface area (Å²) in [5, 5.41) is 9.88. The number of epoxide rings is 2. The van der Waals surface area contributed by atoms with Crippen LogP contribution in [0.4, 0.5) is 4.79 Å². The molecule has 7 nitrogen and oxygen atoms in total. The Bertz CT molecular complexity index is 660. The van der Waals surface area contributed by atoms with Crippen LogP contribution in [0.3, 0.4) is 0 Å². The molecule has 3 aliphatic heterocycles. The first kappa shape index (κ1) is 20.1. The van der Waals surface area contributed by atoms with E-state index in [2.05, 4.69) is 26.8 Å². The van der Waals surface area contributed by atoms with E-state index >= 15 is 0 Å². The van der Waals surface area contributed by atoms with Gasteiger partial charge >= 0.3 is 6.09 Å². The number of aliphatic hydroxyl groups is 1. The number of β-amino-alcohol motifs (C(OH)–C–C–N with tert-alkyl or cyclic N) is 1. The second-order valence-electron chi connectivity index (χ2n) is 9.65. The number of hydrogen-bond acceptors (Lipinski definition) is 6. The van der Waals surface area contributed by atoms with Gasteiger partial charge in [0.1, 0.15) is 23.4 Å². The minimum Gasteiger partial charge on any atom is -0.443 e. The van der Waals surface area contributed by atoms with Crippen LogP contribution in [0, 0.1) is 5.92 Å². The highest BCUT2D eigenvalue weighted by molar-refractivity contribution is 5.69. The van der Waals surface area contributed by atoms with Crippen LogP contribution in [-0.4, -0.2) is 78.0 Å². The number of methoxy groups -OCH3 is 1. The Balaban J connectivity index is 1.46. The molecule has 6 atom stereocenters. The lowest BCUT2D eigenvalue weighted by molar-refractivity contribution is -0.133. The fraction of sp³-hybridized carbons (Fsp3) is 0.857. The molecule has 4 fully saturated rings. The van der Waals surface area contributed by atoms with Gasteiger partial charge < -0.3 is 29.0 Å². The van der Waals surface area contributed by atoms with E-state index in [1.54, 1.807) is 14.0 Å². The zero-order valence-electron chi connectivity index (χ0n) is 17.6. The molecule has 0 aromatic rings. The van der Waals surface area contributed by atoms with Crippen LogP contribution < -0.4 is 0 Å². The predicted octanol–water partition coefficient (Wildman–Crippen LogP) is 2.27. The van der Waals surface area contributed by atoms with Crippen molar-refractivity contribution in [3.8, 4) is 0 Å². The van der Waals surface area contributed by atoms with Gasteiger partial charge in [0.25, 0.3) is 0 Å². The lowest BCUT2D eigenvalue weighted by Crippen LogP contribution is -2.63. The molecule has 0 aromatic carbocycles. The lowest BCUT2D eigenvalue weighted by Gasteiger charge is -2.46. The Morgan fingerprint density at radius 1 is 1.32 bits per heavy atom. The first-order valence-electron chi connectivity index (χ1n) is 10.3. The number of carbonyl (C=O) groups is 1. The molecule has 28 heavy (non-hydrogen) atoms. The second-order valence-corrected chi connectivity index (χ2v) is 9.65. The van der Waals surface area contributed by atoms with Crippen molar-refractivity contribution in [1.29, 1.82) is 0 Å². The Morgan fingerprint density at radius 3 is 2.54 bits per heavy atom. The number of nitrogens with zero attached hydrogens (tertiary/aromatic N) is 1. The molecular weight excluding hydrogens is 362 g/mol. The maximum atomic E-state index is 12.5. The number of ether oxygens (including phenoxy) is 4. The fourth-order valence-corrected chi connectivity index (χ4v) is 5.18. The molecule has 1 amide bonds. The minimum atomic E-state index is -0.811. The van der Waals surface area contributed by atoms with Crippen molar-refractivity contribution >= 4 is 6.09 Å². The molecule has 158 valence electrons. The molecule has 3 heterocycles. The molecule has 4 rings (SSSR count). The topological polar surface area (TPSA) is 84.1 Å². The number of amides is 1. The molecular formula is C21H33NO6. The normalized spacial score (nSPS) is 43.3. The summed E-state index contributed by atoms with van der Waals surface area (Å²) in [5.41, 5.74) is -0.0965. The minimum absolute atomic E-state index is 0.0200. The molecule has 1 aliphatic carbocycles. The van der Waals surface area contributed by atoms with Gasteiger partial charge in [0.2, 0.25) is 0 Å². The number of rotatable bonds is 5. The predicted molar refractivity (Wildman–Crippen MR) is 102 cm³/mol. The summed E-state index contributed by atoms with van der Waals surface area (Å²) in [7, 11) is 1.67. The van der Waals surface area contributed by atoms with Crippen LogP contribution in [0.5, 0.6) is 0 Å². The summed E-state index contributed by atoms with van der Waals surface area (Å²) in [4.78, 5) is 14.0. The van der Waals surface area contributed by atoms with Gasteiger partial charge in [-0.1, -0.05) is 11.6 Å². The van der Waals surface area contributed by atoms with Crippen molar-refractivity contribution in [2.24, 2.45) is 5.92 Å². The first-order valence-corrected chi connectivity index (χ1v) is 10.3. The van der Waals surface area contributed by atoms with E-state index in [0.717, 1.165) is 12.8 Å². The van der Waals surface area contributed by atoms with Crippen LogP contribution in [0.1, 0.15) is 47.0 Å². The molecule has 1 saturated carbocycles. The van der Waals surface area contributed by atoms with Gasteiger partial charge in [0.05, 0.1) is 37.3 Å². The quantitative estimate of drug-likeness (QED) is 0.568. The summed E-state index contributed by atoms with van der Waals surface area (Å²) in [6.45, 7) is 9.35. The van der Waals surface area contributed by atoms with Gasteiger partial charge in [-0.3, -0.25) is 0 Å². The van der Waals surface area contributed by atoms with Crippen molar-refractivity contribution in [2.45, 2.75) is 82.1 Å². The largest absolute Gasteiger partial charge is 0.443 e. The van der Waals surface area contributed by atoms with Crippen molar-refractivity contribution in [2.75, 3.05) is 26.8 Å². The van der Waals surface area contributed by atoms with Crippen LogP contribution in [0.15, 0.2) is 11.6 Å². The van der Waals surface area contributed by atoms with Crippen LogP contribution in [0.25, 0.3) is 0 Å². The molecule has 0 unspecified atom stereocenters. The van der Waals surface area contributed by atoms with E-state index in [0.29, 0.717) is 26.1 Å². The molecule has 7 heteroatoms. The van der Waals surface area contributed by atoms with Crippen molar-refractivity contribution in [3.63, 3.8) is 0 Å². The molecule has 4 aliphatic rings. The van der Waals surface area contributed by atoms with E-state index in [4.69, 9.17) is 18.9 Å². The zero-order chi connectivity index (χ0) is 20.3. The third kappa shape index (κ3) is 3.47. The van der Waals surface area contributed by atoms with Gasteiger partial charge in [0.15, 0.2) is 0 Å². The Labute approximate surface area is 166 Å². The highest BCUT2D eigenvalue weighted by atomic mass is 16.6. The van der Waals surface area contributed by atoms with Crippen LogP contribution >= 0.6 is 0 Å². The fourth-order valence-electron chi connectivity index (χ4n) is 5.18. The van der Waals surface area contributed by atoms with E-state index in [-0.39, 0.29) is 41.5 Å². The Kier molecular flexibility index (Phi) is 4.81. The summed E-state index contributed by atoms with van der Waals surface area (Å²) >= 11 is 0. The number of carbonyl (C=O) groups excluding carboxylic acids is 1. The summed E-state index contributed by atoms with van der Waals surface area (Å²) in [5.74, 6) is 0.0200. The van der Waals surface area contributed by atoms with Gasteiger partial charge in [-0.2, -0.15) is 0 Å². The maximum Gasteiger partial charge on any atom is 0.410 e. The second kappa shape index (κ2) is 6.69. The summed E-state index contributed by atoms with van der Waals surface area (Å²) in [6, 6.07) is 0. The summed E-state index contributed by atoms with van der Waals surface area (Å²) < 4.78 is 23.8. The standard InChI is InChI=1S/C21H33NO6/c1-13(2)6-7-15-20(4,28-15)17-16(25-5)14(8-9-21(17)12-26-21)27-18(23)22-10-19(3,24)11-22/h6,14-17,24H,7-12H2,1-5H3/t14-,15-,16-,17-,20+,21+/m1/s1. The van der Waals surface area contributed by atoms with Gasteiger partial charge in [0, 0.05) is 7.11 Å². The Hall–Kier alpha value is -1.15. The molecule has 0 radical (unpaired) electrons. The van der Waals surface area contributed by atoms with Gasteiger partial charge in [-0.25, -0.2) is 4.79 Å². The van der Waals surface area contributed by atoms with Crippen molar-refractivity contribution < 1.29 is 28.8 Å². The summed E-state index contributed by atoms with van der Waals surface area (Å²) in [6.07, 6.45) is 3.75. The number of hydrogen-bond donors (Lipinski definition) is 1. The highest BCUT2D eigenvalue weighted by Gasteiger charge is 2.72. The SMILES string of the molecule is CO[C@@H]1[C@H](OC(=O)N2CC(C)(O)C2)CC[C@]2(CO2)[C@H]1[C@@]1(C)O[C@@H]1CC=C(C)C. The molecule has 0 aromatic heterocycles. The third-order valence-corrected chi connectivity index (χ3v) is 6.81. The van der Waals surface area contributed by atoms with Gasteiger partial charge in [-0.15, -0.1) is 0 Å². The smallest absolute Gasteiger partial charge is 0.410 e. The van der Waals surface area contributed by atoms with E-state index in [9.17, 15) is 9.90 Å². The molecule has 1 spiro atoms. The molecule has 1 N–H and O–H groups in total.